The lowest BCUT2D eigenvalue weighted by atomic mass is 10.2. The smallest absolute Gasteiger partial charge is 0.194 e. The highest BCUT2D eigenvalue weighted by molar-refractivity contribution is 5.80. The first-order valence-corrected chi connectivity index (χ1v) is 9.16. The highest BCUT2D eigenvalue weighted by Gasteiger charge is 2.10. The molecule has 6 heteroatoms. The number of hydrogen-bond donors (Lipinski definition) is 1. The van der Waals surface area contributed by atoms with E-state index < -0.39 is 0 Å². The summed E-state index contributed by atoms with van der Waals surface area (Å²) in [6.45, 7) is 4.04. The molecule has 0 aliphatic heterocycles. The number of fused-ring (bicyclic) bond motifs is 1. The van der Waals surface area contributed by atoms with Gasteiger partial charge in [0.25, 0.3) is 0 Å². The number of benzene rings is 2. The molecule has 27 heavy (non-hydrogen) atoms. The third kappa shape index (κ3) is 4.39. The van der Waals surface area contributed by atoms with Gasteiger partial charge in [-0.15, -0.1) is 0 Å². The average molecular weight is 365 g/mol. The molecule has 0 aliphatic rings. The predicted molar refractivity (Wildman–Crippen MR) is 110 cm³/mol. The molecule has 1 N–H and O–H groups in total. The quantitative estimate of drug-likeness (QED) is 0.538. The molecule has 0 aliphatic carbocycles. The minimum atomic E-state index is 0.617. The van der Waals surface area contributed by atoms with Crippen LogP contribution in [0.4, 0.5) is 0 Å². The zero-order chi connectivity index (χ0) is 19.2. The van der Waals surface area contributed by atoms with Crippen LogP contribution in [0.2, 0.25) is 0 Å². The summed E-state index contributed by atoms with van der Waals surface area (Å²) in [6, 6.07) is 16.3. The van der Waals surface area contributed by atoms with E-state index in [1.165, 1.54) is 5.56 Å². The third-order valence-electron chi connectivity index (χ3n) is 4.51. The number of para-hydroxylation sites is 2. The van der Waals surface area contributed by atoms with Gasteiger partial charge in [0.2, 0.25) is 0 Å². The zero-order valence-corrected chi connectivity index (χ0v) is 16.4. The van der Waals surface area contributed by atoms with Crippen molar-refractivity contribution in [2.75, 3.05) is 20.7 Å². The second-order valence-corrected chi connectivity index (χ2v) is 6.41. The fourth-order valence-electron chi connectivity index (χ4n) is 3.10. The minimum absolute atomic E-state index is 0.617. The molecule has 6 nitrogen and oxygen atoms in total. The van der Waals surface area contributed by atoms with E-state index in [0.29, 0.717) is 13.2 Å². The molecule has 3 rings (SSSR count). The number of nitrogens with zero attached hydrogens (tertiary/aromatic N) is 4. The summed E-state index contributed by atoms with van der Waals surface area (Å²) < 4.78 is 7.61. The van der Waals surface area contributed by atoms with Crippen LogP contribution in [0.3, 0.4) is 0 Å². The lowest BCUT2D eigenvalue weighted by Gasteiger charge is -2.22. The standard InChI is InChI=1S/C21H27N5O/c1-5-27-17-12-10-16(11-13-17)15-25(3)21(22-2)23-14-20-24-18-8-6-7-9-19(18)26(20)4/h6-13H,5,14-15H2,1-4H3,(H,22,23). The SMILES string of the molecule is CCOc1ccc(CN(C)C(=NC)NCc2nc3ccccc3n2C)cc1. The van der Waals surface area contributed by atoms with Gasteiger partial charge >= 0.3 is 0 Å². The first kappa shape index (κ1) is 18.8. The molecule has 0 atom stereocenters. The third-order valence-corrected chi connectivity index (χ3v) is 4.51. The van der Waals surface area contributed by atoms with Crippen molar-refractivity contribution in [1.29, 1.82) is 0 Å². The van der Waals surface area contributed by atoms with Crippen LogP contribution in [0.5, 0.6) is 5.75 Å². The van der Waals surface area contributed by atoms with Crippen molar-refractivity contribution in [3.63, 3.8) is 0 Å². The second kappa shape index (κ2) is 8.58. The van der Waals surface area contributed by atoms with Crippen LogP contribution in [0.25, 0.3) is 11.0 Å². The van der Waals surface area contributed by atoms with Crippen molar-refractivity contribution in [3.8, 4) is 5.75 Å². The maximum absolute atomic E-state index is 5.50. The van der Waals surface area contributed by atoms with Gasteiger partial charge in [0.15, 0.2) is 5.96 Å². The highest BCUT2D eigenvalue weighted by Crippen LogP contribution is 2.15. The number of rotatable bonds is 6. The number of aromatic nitrogens is 2. The summed E-state index contributed by atoms with van der Waals surface area (Å²) in [7, 11) is 5.87. The van der Waals surface area contributed by atoms with Gasteiger partial charge < -0.3 is 19.5 Å². The Kier molecular flexibility index (Phi) is 5.96. The van der Waals surface area contributed by atoms with Gasteiger partial charge in [0.1, 0.15) is 11.6 Å². The van der Waals surface area contributed by atoms with Crippen molar-refractivity contribution in [2.24, 2.45) is 12.0 Å². The molecule has 0 amide bonds. The van der Waals surface area contributed by atoms with Crippen LogP contribution in [0.15, 0.2) is 53.5 Å². The molecule has 1 heterocycles. The molecule has 2 aromatic carbocycles. The molecule has 142 valence electrons. The Balaban J connectivity index is 1.63. The van der Waals surface area contributed by atoms with E-state index in [1.54, 1.807) is 7.05 Å². The number of aliphatic imine (C=N–C) groups is 1. The van der Waals surface area contributed by atoms with E-state index in [2.05, 4.69) is 38.0 Å². The summed E-state index contributed by atoms with van der Waals surface area (Å²) in [5.41, 5.74) is 3.34. The van der Waals surface area contributed by atoms with E-state index in [9.17, 15) is 0 Å². The van der Waals surface area contributed by atoms with E-state index in [4.69, 9.17) is 9.72 Å². The fourth-order valence-corrected chi connectivity index (χ4v) is 3.10. The van der Waals surface area contributed by atoms with Gasteiger partial charge in [-0.05, 0) is 36.8 Å². The lowest BCUT2D eigenvalue weighted by molar-refractivity contribution is 0.340. The van der Waals surface area contributed by atoms with Crippen LogP contribution in [0, 0.1) is 0 Å². The largest absolute Gasteiger partial charge is 0.494 e. The van der Waals surface area contributed by atoms with Gasteiger partial charge in [-0.2, -0.15) is 0 Å². The van der Waals surface area contributed by atoms with Crippen LogP contribution in [-0.4, -0.2) is 41.1 Å². The Morgan fingerprint density at radius 1 is 1.19 bits per heavy atom. The van der Waals surface area contributed by atoms with Crippen molar-refractivity contribution < 1.29 is 4.74 Å². The van der Waals surface area contributed by atoms with E-state index in [-0.39, 0.29) is 0 Å². The second-order valence-electron chi connectivity index (χ2n) is 6.41. The van der Waals surface area contributed by atoms with Crippen molar-refractivity contribution in [1.82, 2.24) is 19.8 Å². The monoisotopic (exact) mass is 365 g/mol. The van der Waals surface area contributed by atoms with E-state index >= 15 is 0 Å². The topological polar surface area (TPSA) is 54.7 Å². The molecular formula is C21H27N5O. The molecule has 0 bridgehead atoms. The van der Waals surface area contributed by atoms with Crippen molar-refractivity contribution >= 4 is 17.0 Å². The van der Waals surface area contributed by atoms with Crippen LogP contribution < -0.4 is 10.1 Å². The van der Waals surface area contributed by atoms with Gasteiger partial charge in [-0.1, -0.05) is 24.3 Å². The molecule has 0 radical (unpaired) electrons. The van der Waals surface area contributed by atoms with Gasteiger partial charge in [-0.3, -0.25) is 4.99 Å². The Hall–Kier alpha value is -3.02. The number of hydrogen-bond acceptors (Lipinski definition) is 3. The average Bonchev–Trinajstić information content (AvgIpc) is 3.00. The molecule has 1 aromatic heterocycles. The maximum Gasteiger partial charge on any atom is 0.194 e. The van der Waals surface area contributed by atoms with Gasteiger partial charge in [-0.25, -0.2) is 4.98 Å². The Bertz CT molecular complexity index is 914. The van der Waals surface area contributed by atoms with Crippen LogP contribution in [-0.2, 0) is 20.1 Å². The first-order valence-electron chi connectivity index (χ1n) is 9.16. The fraction of sp³-hybridized carbons (Fsp3) is 0.333. The van der Waals surface area contributed by atoms with Crippen LogP contribution >= 0.6 is 0 Å². The highest BCUT2D eigenvalue weighted by atomic mass is 16.5. The van der Waals surface area contributed by atoms with Gasteiger partial charge in [0.05, 0.1) is 24.2 Å². The number of imidazole rings is 1. The Labute approximate surface area is 160 Å². The number of nitrogens with one attached hydrogen (secondary N) is 1. The summed E-state index contributed by atoms with van der Waals surface area (Å²) in [5, 5.41) is 3.41. The molecule has 0 saturated carbocycles. The summed E-state index contributed by atoms with van der Waals surface area (Å²) in [5.74, 6) is 2.70. The minimum Gasteiger partial charge on any atom is -0.494 e. The first-order chi connectivity index (χ1) is 13.1. The predicted octanol–water partition coefficient (Wildman–Crippen LogP) is 3.18. The molecule has 0 spiro atoms. The van der Waals surface area contributed by atoms with Gasteiger partial charge in [0, 0.05) is 27.7 Å². The molecular weight excluding hydrogens is 338 g/mol. The summed E-state index contributed by atoms with van der Waals surface area (Å²) in [6.07, 6.45) is 0. The maximum atomic E-state index is 5.50. The van der Waals surface area contributed by atoms with E-state index in [0.717, 1.165) is 35.1 Å². The molecule has 0 fully saturated rings. The number of guanidine groups is 1. The Morgan fingerprint density at radius 2 is 1.93 bits per heavy atom. The van der Waals surface area contributed by atoms with Crippen LogP contribution in [0.1, 0.15) is 18.3 Å². The molecule has 3 aromatic rings. The van der Waals surface area contributed by atoms with E-state index in [1.807, 2.05) is 51.4 Å². The summed E-state index contributed by atoms with van der Waals surface area (Å²) >= 11 is 0. The normalized spacial score (nSPS) is 11.6. The Morgan fingerprint density at radius 3 is 2.59 bits per heavy atom. The molecule has 0 saturated heterocycles. The lowest BCUT2D eigenvalue weighted by Crippen LogP contribution is -2.38. The van der Waals surface area contributed by atoms with Crippen molar-refractivity contribution in [2.45, 2.75) is 20.0 Å². The van der Waals surface area contributed by atoms with Crippen molar-refractivity contribution in [3.05, 3.63) is 59.9 Å². The number of ether oxygens (including phenoxy) is 1. The number of aryl methyl sites for hydroxylation is 1. The summed E-state index contributed by atoms with van der Waals surface area (Å²) in [4.78, 5) is 11.2. The molecule has 0 unspecified atom stereocenters. The zero-order valence-electron chi connectivity index (χ0n) is 16.4.